The second-order valence-electron chi connectivity index (χ2n) is 6.13. The zero-order valence-electron chi connectivity index (χ0n) is 14.5. The summed E-state index contributed by atoms with van der Waals surface area (Å²) in [5, 5.41) is 15.0. The van der Waals surface area contributed by atoms with Crippen LogP contribution < -0.4 is 5.56 Å². The lowest BCUT2D eigenvalue weighted by atomic mass is 10.1. The summed E-state index contributed by atoms with van der Waals surface area (Å²) < 4.78 is 20.3. The first-order chi connectivity index (χ1) is 13.1. The molecule has 0 aliphatic rings. The summed E-state index contributed by atoms with van der Waals surface area (Å²) in [6.07, 6.45) is 0.743. The van der Waals surface area contributed by atoms with Gasteiger partial charge in [0.1, 0.15) is 17.1 Å². The third-order valence-electron chi connectivity index (χ3n) is 4.32. The van der Waals surface area contributed by atoms with E-state index < -0.39 is 11.4 Å². The number of fused-ring (bicyclic) bond motifs is 1. The molecule has 0 aliphatic carbocycles. The van der Waals surface area contributed by atoms with E-state index in [1.807, 2.05) is 13.0 Å². The average molecular weight is 365 g/mol. The molecule has 0 saturated carbocycles. The van der Waals surface area contributed by atoms with E-state index in [1.54, 1.807) is 28.8 Å². The van der Waals surface area contributed by atoms with Gasteiger partial charge in [-0.2, -0.15) is 4.98 Å². The number of halogens is 1. The van der Waals surface area contributed by atoms with Crippen molar-refractivity contribution in [2.45, 2.75) is 19.9 Å². The summed E-state index contributed by atoms with van der Waals surface area (Å²) in [6.45, 7) is 2.44. The number of hydrogen-bond acceptors (Lipinski definition) is 5. The molecule has 0 amide bonds. The fourth-order valence-electron chi connectivity index (χ4n) is 3.10. The predicted octanol–water partition coefficient (Wildman–Crippen LogP) is 3.97. The van der Waals surface area contributed by atoms with Gasteiger partial charge >= 0.3 is 0 Å². The Bertz CT molecular complexity index is 1200. The standard InChI is InChI=1S/C20H16FN3O3/c1-2-10-24-15-9-4-3-8-14(15)17(25)16(20(24)26)19-22-18(23-27-19)12-6-5-7-13(21)11-12/h3-9,11,25H,2,10H2,1H3. The highest BCUT2D eigenvalue weighted by Gasteiger charge is 2.22. The van der Waals surface area contributed by atoms with Gasteiger partial charge in [0, 0.05) is 17.5 Å². The molecule has 7 heteroatoms. The van der Waals surface area contributed by atoms with E-state index in [4.69, 9.17) is 4.52 Å². The molecule has 1 N–H and O–H groups in total. The topological polar surface area (TPSA) is 81.2 Å². The average Bonchev–Trinajstić information content (AvgIpc) is 3.15. The smallest absolute Gasteiger partial charge is 0.267 e. The maximum Gasteiger partial charge on any atom is 0.267 e. The quantitative estimate of drug-likeness (QED) is 0.592. The lowest BCUT2D eigenvalue weighted by Crippen LogP contribution is -2.22. The highest BCUT2D eigenvalue weighted by atomic mass is 19.1. The first kappa shape index (κ1) is 17.0. The number of aromatic hydroxyl groups is 1. The summed E-state index contributed by atoms with van der Waals surface area (Å²) in [5.74, 6) is -0.610. The van der Waals surface area contributed by atoms with Crippen LogP contribution >= 0.6 is 0 Å². The van der Waals surface area contributed by atoms with Gasteiger partial charge in [0.15, 0.2) is 0 Å². The molecule has 0 spiro atoms. The molecule has 27 heavy (non-hydrogen) atoms. The monoisotopic (exact) mass is 365 g/mol. The summed E-state index contributed by atoms with van der Waals surface area (Å²) in [5.41, 5.74) is 0.578. The number of para-hydroxylation sites is 1. The lowest BCUT2D eigenvalue weighted by molar-refractivity contribution is 0.425. The van der Waals surface area contributed by atoms with Crippen molar-refractivity contribution >= 4 is 10.9 Å². The van der Waals surface area contributed by atoms with Gasteiger partial charge in [-0.3, -0.25) is 4.79 Å². The fourth-order valence-corrected chi connectivity index (χ4v) is 3.10. The normalized spacial score (nSPS) is 11.2. The van der Waals surface area contributed by atoms with Crippen LogP contribution in [0, 0.1) is 5.82 Å². The molecule has 2 heterocycles. The third kappa shape index (κ3) is 2.87. The molecule has 0 atom stereocenters. The van der Waals surface area contributed by atoms with E-state index >= 15 is 0 Å². The van der Waals surface area contributed by atoms with Crippen LogP contribution in [0.3, 0.4) is 0 Å². The number of pyridine rings is 1. The number of aryl methyl sites for hydroxylation is 1. The van der Waals surface area contributed by atoms with Gasteiger partial charge in [-0.25, -0.2) is 4.39 Å². The molecule has 0 radical (unpaired) electrons. The summed E-state index contributed by atoms with van der Waals surface area (Å²) >= 11 is 0. The fraction of sp³-hybridized carbons (Fsp3) is 0.150. The lowest BCUT2D eigenvalue weighted by Gasteiger charge is -2.12. The zero-order valence-corrected chi connectivity index (χ0v) is 14.5. The van der Waals surface area contributed by atoms with Gasteiger partial charge in [-0.05, 0) is 30.7 Å². The van der Waals surface area contributed by atoms with Crippen molar-refractivity contribution in [3.8, 4) is 28.6 Å². The Kier molecular flexibility index (Phi) is 4.19. The van der Waals surface area contributed by atoms with E-state index in [0.717, 1.165) is 6.42 Å². The van der Waals surface area contributed by atoms with Gasteiger partial charge in [0.05, 0.1) is 5.52 Å². The van der Waals surface area contributed by atoms with Crippen LogP contribution in [0.15, 0.2) is 57.8 Å². The number of rotatable bonds is 4. The molecule has 4 rings (SSSR count). The van der Waals surface area contributed by atoms with Crippen LogP contribution in [-0.4, -0.2) is 19.8 Å². The first-order valence-corrected chi connectivity index (χ1v) is 8.54. The number of benzene rings is 2. The minimum atomic E-state index is -0.433. The molecule has 4 aromatic rings. The van der Waals surface area contributed by atoms with Crippen LogP contribution in [0.5, 0.6) is 5.75 Å². The Morgan fingerprint density at radius 2 is 2.00 bits per heavy atom. The van der Waals surface area contributed by atoms with E-state index in [2.05, 4.69) is 10.1 Å². The second kappa shape index (κ2) is 6.68. The minimum Gasteiger partial charge on any atom is -0.506 e. The summed E-state index contributed by atoms with van der Waals surface area (Å²) in [6, 6.07) is 12.8. The van der Waals surface area contributed by atoms with Gasteiger partial charge in [0.2, 0.25) is 5.82 Å². The Labute approximate surface area is 153 Å². The summed E-state index contributed by atoms with van der Waals surface area (Å²) in [4.78, 5) is 17.2. The van der Waals surface area contributed by atoms with Crippen LogP contribution in [0.4, 0.5) is 4.39 Å². The molecule has 136 valence electrons. The number of hydrogen-bond donors (Lipinski definition) is 1. The van der Waals surface area contributed by atoms with Crippen LogP contribution in [0.25, 0.3) is 33.7 Å². The van der Waals surface area contributed by atoms with Gasteiger partial charge in [-0.15, -0.1) is 0 Å². The zero-order chi connectivity index (χ0) is 19.0. The molecule has 0 saturated heterocycles. The Balaban J connectivity index is 1.93. The maximum atomic E-state index is 13.4. The third-order valence-corrected chi connectivity index (χ3v) is 4.32. The van der Waals surface area contributed by atoms with Gasteiger partial charge in [0.25, 0.3) is 11.4 Å². The summed E-state index contributed by atoms with van der Waals surface area (Å²) in [7, 11) is 0. The molecule has 0 bridgehead atoms. The number of nitrogens with zero attached hydrogens (tertiary/aromatic N) is 3. The van der Waals surface area contributed by atoms with Crippen molar-refractivity contribution in [3.63, 3.8) is 0 Å². The van der Waals surface area contributed by atoms with E-state index in [0.29, 0.717) is 23.0 Å². The maximum absolute atomic E-state index is 13.4. The van der Waals surface area contributed by atoms with Crippen molar-refractivity contribution in [2.24, 2.45) is 0 Å². The minimum absolute atomic E-state index is 0.0581. The molecule has 6 nitrogen and oxygen atoms in total. The SMILES string of the molecule is CCCn1c(=O)c(-c2nc(-c3cccc(F)c3)no2)c(O)c2ccccc21. The largest absolute Gasteiger partial charge is 0.506 e. The van der Waals surface area contributed by atoms with E-state index in [9.17, 15) is 14.3 Å². The van der Waals surface area contributed by atoms with Gasteiger partial charge < -0.3 is 14.2 Å². The molecule has 2 aromatic carbocycles. The Hall–Kier alpha value is -3.48. The molecule has 0 fully saturated rings. The van der Waals surface area contributed by atoms with Crippen molar-refractivity contribution in [1.29, 1.82) is 0 Å². The molecular formula is C20H16FN3O3. The van der Waals surface area contributed by atoms with Crippen molar-refractivity contribution < 1.29 is 14.0 Å². The Morgan fingerprint density at radius 3 is 2.78 bits per heavy atom. The van der Waals surface area contributed by atoms with Crippen molar-refractivity contribution in [3.05, 3.63) is 64.7 Å². The highest BCUT2D eigenvalue weighted by molar-refractivity contribution is 5.91. The number of aromatic nitrogens is 3. The van der Waals surface area contributed by atoms with Crippen molar-refractivity contribution in [2.75, 3.05) is 0 Å². The predicted molar refractivity (Wildman–Crippen MR) is 98.8 cm³/mol. The van der Waals surface area contributed by atoms with Crippen LogP contribution in [0.2, 0.25) is 0 Å². The van der Waals surface area contributed by atoms with Crippen molar-refractivity contribution in [1.82, 2.24) is 14.7 Å². The van der Waals surface area contributed by atoms with Crippen LogP contribution in [0.1, 0.15) is 13.3 Å². The second-order valence-corrected chi connectivity index (χ2v) is 6.13. The molecule has 2 aromatic heterocycles. The molecular weight excluding hydrogens is 349 g/mol. The van der Waals surface area contributed by atoms with Gasteiger partial charge in [-0.1, -0.05) is 36.3 Å². The van der Waals surface area contributed by atoms with Crippen LogP contribution in [-0.2, 0) is 6.54 Å². The van der Waals surface area contributed by atoms with E-state index in [1.165, 1.54) is 18.2 Å². The molecule has 0 unspecified atom stereocenters. The highest BCUT2D eigenvalue weighted by Crippen LogP contribution is 2.33. The van der Waals surface area contributed by atoms with E-state index in [-0.39, 0.29) is 23.0 Å². The Morgan fingerprint density at radius 1 is 1.19 bits per heavy atom. The molecule has 0 aliphatic heterocycles. The first-order valence-electron chi connectivity index (χ1n) is 8.54.